The molecule has 1 atom stereocenters. The number of benzene rings is 1. The average molecular weight is 314 g/mol. The van der Waals surface area contributed by atoms with E-state index in [2.05, 4.69) is 26.6 Å². The Balaban J connectivity index is 2.01. The van der Waals surface area contributed by atoms with Gasteiger partial charge in [-0.05, 0) is 18.2 Å². The number of amides is 1. The second kappa shape index (κ2) is 6.17. The van der Waals surface area contributed by atoms with Crippen LogP contribution in [0, 0.1) is 0 Å². The van der Waals surface area contributed by atoms with Crippen molar-refractivity contribution >= 4 is 27.5 Å². The third-order valence-electron chi connectivity index (χ3n) is 2.78. The number of ether oxygens (including phenoxy) is 1. The Labute approximate surface area is 114 Å². The summed E-state index contributed by atoms with van der Waals surface area (Å²) in [5.41, 5.74) is 6.59. The van der Waals surface area contributed by atoms with Crippen LogP contribution in [-0.2, 0) is 4.74 Å². The molecule has 0 aromatic heterocycles. The molecule has 0 radical (unpaired) electrons. The summed E-state index contributed by atoms with van der Waals surface area (Å²) >= 11 is 3.32. The minimum atomic E-state index is -0.438. The monoisotopic (exact) mass is 313 g/mol. The number of halogens is 1. The summed E-state index contributed by atoms with van der Waals surface area (Å²) in [4.78, 5) is 11.3. The van der Waals surface area contributed by atoms with Gasteiger partial charge in [0, 0.05) is 29.3 Å². The van der Waals surface area contributed by atoms with E-state index in [1.807, 2.05) is 12.1 Å². The molecule has 98 valence electrons. The van der Waals surface area contributed by atoms with Gasteiger partial charge in [-0.25, -0.2) is 0 Å². The van der Waals surface area contributed by atoms with Gasteiger partial charge in [0.2, 0.25) is 0 Å². The average Bonchev–Trinajstić information content (AvgIpc) is 2.38. The zero-order valence-electron chi connectivity index (χ0n) is 9.91. The fourth-order valence-electron chi connectivity index (χ4n) is 1.86. The number of primary amides is 1. The molecule has 1 aliphatic heterocycles. The molecule has 1 aliphatic rings. The fourth-order valence-corrected chi connectivity index (χ4v) is 2.22. The van der Waals surface area contributed by atoms with Gasteiger partial charge in [0.05, 0.1) is 18.8 Å². The molecule has 2 rings (SSSR count). The Hall–Kier alpha value is -1.11. The van der Waals surface area contributed by atoms with E-state index < -0.39 is 5.91 Å². The van der Waals surface area contributed by atoms with Crippen molar-refractivity contribution in [2.45, 2.75) is 6.04 Å². The number of nitrogens with one attached hydrogen (secondary N) is 2. The van der Waals surface area contributed by atoms with Crippen molar-refractivity contribution in [3.8, 4) is 0 Å². The van der Waals surface area contributed by atoms with Crippen molar-refractivity contribution in [3.63, 3.8) is 0 Å². The lowest BCUT2D eigenvalue weighted by Gasteiger charge is -2.24. The molecule has 0 saturated carbocycles. The SMILES string of the molecule is NC(=O)c1cc(Br)ccc1NCC1COCCN1. The third kappa shape index (κ3) is 3.44. The summed E-state index contributed by atoms with van der Waals surface area (Å²) in [6, 6.07) is 5.69. The Morgan fingerprint density at radius 2 is 2.44 bits per heavy atom. The van der Waals surface area contributed by atoms with Crippen LogP contribution in [-0.4, -0.2) is 38.3 Å². The van der Waals surface area contributed by atoms with E-state index in [0.29, 0.717) is 18.7 Å². The number of hydrogen-bond acceptors (Lipinski definition) is 4. The highest BCUT2D eigenvalue weighted by Gasteiger charge is 2.14. The Morgan fingerprint density at radius 3 is 3.11 bits per heavy atom. The number of carbonyl (C=O) groups excluding carboxylic acids is 1. The van der Waals surface area contributed by atoms with Crippen molar-refractivity contribution in [1.82, 2.24) is 5.32 Å². The van der Waals surface area contributed by atoms with Gasteiger partial charge in [-0.3, -0.25) is 4.79 Å². The Kier molecular flexibility index (Phi) is 4.57. The molecule has 1 aromatic rings. The first-order valence-electron chi connectivity index (χ1n) is 5.81. The van der Waals surface area contributed by atoms with Crippen molar-refractivity contribution in [1.29, 1.82) is 0 Å². The van der Waals surface area contributed by atoms with Crippen LogP contribution in [0.3, 0.4) is 0 Å². The van der Waals surface area contributed by atoms with Gasteiger partial charge in [0.25, 0.3) is 5.91 Å². The van der Waals surface area contributed by atoms with Gasteiger partial charge in [-0.2, -0.15) is 0 Å². The van der Waals surface area contributed by atoms with Gasteiger partial charge < -0.3 is 21.1 Å². The third-order valence-corrected chi connectivity index (χ3v) is 3.28. The summed E-state index contributed by atoms with van der Waals surface area (Å²) in [7, 11) is 0. The van der Waals surface area contributed by atoms with Gasteiger partial charge in [-0.1, -0.05) is 15.9 Å². The predicted octanol–water partition coefficient (Wildman–Crippen LogP) is 0.948. The molecule has 1 saturated heterocycles. The van der Waals surface area contributed by atoms with Crippen LogP contribution < -0.4 is 16.4 Å². The molecule has 6 heteroatoms. The number of rotatable bonds is 4. The van der Waals surface area contributed by atoms with Crippen LogP contribution in [0.4, 0.5) is 5.69 Å². The standard InChI is InChI=1S/C12H16BrN3O2/c13-8-1-2-11(10(5-8)12(14)17)16-6-9-7-18-4-3-15-9/h1-2,5,9,15-16H,3-4,6-7H2,(H2,14,17). The van der Waals surface area contributed by atoms with E-state index in [9.17, 15) is 4.79 Å². The Bertz CT molecular complexity index is 433. The largest absolute Gasteiger partial charge is 0.383 e. The van der Waals surface area contributed by atoms with Crippen molar-refractivity contribution < 1.29 is 9.53 Å². The molecule has 1 amide bonds. The minimum absolute atomic E-state index is 0.253. The fraction of sp³-hybridized carbons (Fsp3) is 0.417. The molecular formula is C12H16BrN3O2. The molecule has 1 heterocycles. The predicted molar refractivity (Wildman–Crippen MR) is 73.8 cm³/mol. The van der Waals surface area contributed by atoms with Gasteiger partial charge in [0.1, 0.15) is 0 Å². The highest BCUT2D eigenvalue weighted by atomic mass is 79.9. The van der Waals surface area contributed by atoms with E-state index in [1.165, 1.54) is 0 Å². The zero-order valence-corrected chi connectivity index (χ0v) is 11.5. The maximum atomic E-state index is 11.3. The number of hydrogen-bond donors (Lipinski definition) is 3. The van der Waals surface area contributed by atoms with Crippen LogP contribution in [0.15, 0.2) is 22.7 Å². The summed E-state index contributed by atoms with van der Waals surface area (Å²) < 4.78 is 6.20. The molecule has 5 nitrogen and oxygen atoms in total. The molecule has 0 aliphatic carbocycles. The van der Waals surface area contributed by atoms with Crippen molar-refractivity contribution in [3.05, 3.63) is 28.2 Å². The van der Waals surface area contributed by atoms with Crippen LogP contribution in [0.5, 0.6) is 0 Å². The zero-order chi connectivity index (χ0) is 13.0. The van der Waals surface area contributed by atoms with Crippen LogP contribution >= 0.6 is 15.9 Å². The summed E-state index contributed by atoms with van der Waals surface area (Å²) in [5, 5.41) is 6.56. The molecule has 4 N–H and O–H groups in total. The maximum Gasteiger partial charge on any atom is 0.250 e. The molecule has 0 bridgehead atoms. The molecule has 1 unspecified atom stereocenters. The van der Waals surface area contributed by atoms with Crippen molar-refractivity contribution in [2.24, 2.45) is 5.73 Å². The summed E-state index contributed by atoms with van der Waals surface area (Å²) in [6.07, 6.45) is 0. The number of anilines is 1. The lowest BCUT2D eigenvalue weighted by molar-refractivity contribution is 0.0806. The van der Waals surface area contributed by atoms with Crippen LogP contribution in [0.25, 0.3) is 0 Å². The Morgan fingerprint density at radius 1 is 1.61 bits per heavy atom. The molecule has 1 fully saturated rings. The van der Waals surface area contributed by atoms with Crippen molar-refractivity contribution in [2.75, 3.05) is 31.6 Å². The first kappa shape index (κ1) is 13.3. The highest BCUT2D eigenvalue weighted by Crippen LogP contribution is 2.20. The molecule has 1 aromatic carbocycles. The number of morpholine rings is 1. The summed E-state index contributed by atoms with van der Waals surface area (Å²) in [5.74, 6) is -0.438. The quantitative estimate of drug-likeness (QED) is 0.773. The van der Waals surface area contributed by atoms with E-state index in [-0.39, 0.29) is 6.04 Å². The second-order valence-electron chi connectivity index (χ2n) is 4.16. The number of nitrogens with two attached hydrogens (primary N) is 1. The lowest BCUT2D eigenvalue weighted by atomic mass is 10.1. The minimum Gasteiger partial charge on any atom is -0.383 e. The topological polar surface area (TPSA) is 76.4 Å². The maximum absolute atomic E-state index is 11.3. The van der Waals surface area contributed by atoms with Gasteiger partial charge >= 0.3 is 0 Å². The van der Waals surface area contributed by atoms with E-state index >= 15 is 0 Å². The molecule has 18 heavy (non-hydrogen) atoms. The first-order chi connectivity index (χ1) is 8.66. The normalized spacial score (nSPS) is 19.5. The lowest BCUT2D eigenvalue weighted by Crippen LogP contribution is -2.45. The van der Waals surface area contributed by atoms with Crippen LogP contribution in [0.1, 0.15) is 10.4 Å². The highest BCUT2D eigenvalue weighted by molar-refractivity contribution is 9.10. The molecular weight excluding hydrogens is 298 g/mol. The molecule has 0 spiro atoms. The van der Waals surface area contributed by atoms with Crippen LogP contribution in [0.2, 0.25) is 0 Å². The first-order valence-corrected chi connectivity index (χ1v) is 6.60. The van der Waals surface area contributed by atoms with Gasteiger partial charge in [-0.15, -0.1) is 0 Å². The number of carbonyl (C=O) groups is 1. The smallest absolute Gasteiger partial charge is 0.250 e. The second-order valence-corrected chi connectivity index (χ2v) is 5.08. The van der Waals surface area contributed by atoms with E-state index in [1.54, 1.807) is 6.07 Å². The van der Waals surface area contributed by atoms with E-state index in [4.69, 9.17) is 10.5 Å². The van der Waals surface area contributed by atoms with Gasteiger partial charge in [0.15, 0.2) is 0 Å². The van der Waals surface area contributed by atoms with E-state index in [0.717, 1.165) is 23.3 Å². The summed E-state index contributed by atoms with van der Waals surface area (Å²) in [6.45, 7) is 2.98.